The Hall–Kier alpha value is -1.06. The number of carbonyl (C=O) groups excluding carboxylic acids is 1. The minimum atomic E-state index is -0.379. The normalized spacial score (nSPS) is 16.9. The standard InChI is InChI=1S/C17H25ClN2O/c1-2-10-19-11-12-20-16(21)17(8-3-4-9-17)14-6-5-7-15(18)13-14/h5-7,13,19H,2-4,8-12H2,1H3,(H,20,21). The van der Waals surface area contributed by atoms with Crippen molar-refractivity contribution in [1.29, 1.82) is 0 Å². The Labute approximate surface area is 132 Å². The molecule has 1 aliphatic carbocycles. The zero-order valence-corrected chi connectivity index (χ0v) is 13.5. The van der Waals surface area contributed by atoms with Crippen molar-refractivity contribution >= 4 is 17.5 Å². The topological polar surface area (TPSA) is 41.1 Å². The molecule has 0 atom stereocenters. The molecule has 1 aromatic carbocycles. The summed E-state index contributed by atoms with van der Waals surface area (Å²) in [5.74, 6) is 0.153. The highest BCUT2D eigenvalue weighted by atomic mass is 35.5. The molecule has 1 fully saturated rings. The third-order valence-corrected chi connectivity index (χ3v) is 4.52. The van der Waals surface area contributed by atoms with Gasteiger partial charge in [0.15, 0.2) is 0 Å². The molecule has 1 saturated carbocycles. The van der Waals surface area contributed by atoms with Gasteiger partial charge < -0.3 is 10.6 Å². The second kappa shape index (κ2) is 7.81. The molecule has 0 unspecified atom stereocenters. The first-order valence-corrected chi connectivity index (χ1v) is 8.32. The van der Waals surface area contributed by atoms with Gasteiger partial charge in [-0.25, -0.2) is 0 Å². The van der Waals surface area contributed by atoms with Gasteiger partial charge in [0, 0.05) is 18.1 Å². The van der Waals surface area contributed by atoms with Crippen LogP contribution in [0, 0.1) is 0 Å². The Morgan fingerprint density at radius 2 is 2.00 bits per heavy atom. The number of benzene rings is 1. The number of rotatable bonds is 7. The molecule has 1 aliphatic rings. The molecular formula is C17H25ClN2O. The monoisotopic (exact) mass is 308 g/mol. The Bertz CT molecular complexity index is 470. The maximum Gasteiger partial charge on any atom is 0.230 e. The van der Waals surface area contributed by atoms with E-state index in [2.05, 4.69) is 17.6 Å². The number of halogens is 1. The lowest BCUT2D eigenvalue weighted by Gasteiger charge is -2.28. The van der Waals surface area contributed by atoms with Gasteiger partial charge >= 0.3 is 0 Å². The van der Waals surface area contributed by atoms with Crippen LogP contribution >= 0.6 is 11.6 Å². The lowest BCUT2D eigenvalue weighted by Crippen LogP contribution is -2.44. The number of hydrogen-bond donors (Lipinski definition) is 2. The first-order chi connectivity index (χ1) is 10.2. The molecule has 0 bridgehead atoms. The van der Waals surface area contributed by atoms with Crippen LogP contribution in [-0.4, -0.2) is 25.5 Å². The van der Waals surface area contributed by atoms with E-state index in [-0.39, 0.29) is 11.3 Å². The van der Waals surface area contributed by atoms with Crippen molar-refractivity contribution < 1.29 is 4.79 Å². The van der Waals surface area contributed by atoms with Gasteiger partial charge in [0.1, 0.15) is 0 Å². The Balaban J connectivity index is 2.02. The number of hydrogen-bond acceptors (Lipinski definition) is 2. The molecule has 0 heterocycles. The van der Waals surface area contributed by atoms with Crippen molar-refractivity contribution in [3.8, 4) is 0 Å². The minimum Gasteiger partial charge on any atom is -0.354 e. The van der Waals surface area contributed by atoms with Crippen molar-refractivity contribution in [2.45, 2.75) is 44.4 Å². The largest absolute Gasteiger partial charge is 0.354 e. The maximum absolute atomic E-state index is 12.7. The molecule has 2 rings (SSSR count). The molecule has 1 aromatic rings. The molecule has 2 N–H and O–H groups in total. The fourth-order valence-electron chi connectivity index (χ4n) is 3.15. The Morgan fingerprint density at radius 1 is 1.24 bits per heavy atom. The van der Waals surface area contributed by atoms with E-state index in [1.54, 1.807) is 0 Å². The summed E-state index contributed by atoms with van der Waals surface area (Å²) in [4.78, 5) is 12.7. The summed E-state index contributed by atoms with van der Waals surface area (Å²) in [6, 6.07) is 7.78. The van der Waals surface area contributed by atoms with Gasteiger partial charge in [-0.1, -0.05) is 43.5 Å². The third-order valence-electron chi connectivity index (χ3n) is 4.28. The molecule has 0 saturated heterocycles. The highest BCUT2D eigenvalue weighted by Crippen LogP contribution is 2.41. The van der Waals surface area contributed by atoms with E-state index in [9.17, 15) is 4.79 Å². The maximum atomic E-state index is 12.7. The van der Waals surface area contributed by atoms with Crippen LogP contribution in [0.15, 0.2) is 24.3 Å². The molecule has 0 radical (unpaired) electrons. The first-order valence-electron chi connectivity index (χ1n) is 7.94. The van der Waals surface area contributed by atoms with E-state index in [4.69, 9.17) is 11.6 Å². The summed E-state index contributed by atoms with van der Waals surface area (Å²) >= 11 is 6.11. The van der Waals surface area contributed by atoms with Crippen LogP contribution in [-0.2, 0) is 10.2 Å². The molecule has 0 spiro atoms. The van der Waals surface area contributed by atoms with E-state index in [0.29, 0.717) is 11.6 Å². The van der Waals surface area contributed by atoms with Crippen molar-refractivity contribution in [2.75, 3.05) is 19.6 Å². The van der Waals surface area contributed by atoms with Crippen LogP contribution in [0.25, 0.3) is 0 Å². The average molecular weight is 309 g/mol. The van der Waals surface area contributed by atoms with E-state index in [1.165, 1.54) is 0 Å². The van der Waals surface area contributed by atoms with Crippen LogP contribution < -0.4 is 10.6 Å². The zero-order chi connectivity index (χ0) is 15.1. The highest BCUT2D eigenvalue weighted by Gasteiger charge is 2.42. The summed E-state index contributed by atoms with van der Waals surface area (Å²) in [7, 11) is 0. The van der Waals surface area contributed by atoms with E-state index >= 15 is 0 Å². The molecule has 4 heteroatoms. The fourth-order valence-corrected chi connectivity index (χ4v) is 3.34. The van der Waals surface area contributed by atoms with E-state index in [0.717, 1.165) is 50.8 Å². The highest BCUT2D eigenvalue weighted by molar-refractivity contribution is 6.30. The first kappa shape index (κ1) is 16.3. The van der Waals surface area contributed by atoms with Gasteiger partial charge in [0.2, 0.25) is 5.91 Å². The number of nitrogens with one attached hydrogen (secondary N) is 2. The summed E-state index contributed by atoms with van der Waals surface area (Å²) in [5, 5.41) is 7.11. The van der Waals surface area contributed by atoms with E-state index in [1.807, 2.05) is 24.3 Å². The SMILES string of the molecule is CCCNCCNC(=O)C1(c2cccc(Cl)c2)CCCC1. The van der Waals surface area contributed by atoms with Gasteiger partial charge in [0.05, 0.1) is 5.41 Å². The molecule has 0 aliphatic heterocycles. The predicted octanol–water partition coefficient (Wildman–Crippen LogP) is 3.27. The van der Waals surface area contributed by atoms with Crippen molar-refractivity contribution in [3.05, 3.63) is 34.9 Å². The Kier molecular flexibility index (Phi) is 6.07. The van der Waals surface area contributed by atoms with Crippen LogP contribution in [0.4, 0.5) is 0 Å². The lowest BCUT2D eigenvalue weighted by atomic mass is 9.78. The zero-order valence-electron chi connectivity index (χ0n) is 12.8. The molecular weight excluding hydrogens is 284 g/mol. The van der Waals surface area contributed by atoms with Gasteiger partial charge in [-0.05, 0) is 43.5 Å². The third kappa shape index (κ3) is 3.98. The van der Waals surface area contributed by atoms with Crippen LogP contribution in [0.5, 0.6) is 0 Å². The quantitative estimate of drug-likeness (QED) is 0.759. The summed E-state index contributed by atoms with van der Waals surface area (Å²) in [5.41, 5.74) is 0.682. The number of amides is 1. The summed E-state index contributed by atoms with van der Waals surface area (Å²) in [6.07, 6.45) is 5.16. The molecule has 3 nitrogen and oxygen atoms in total. The minimum absolute atomic E-state index is 0.153. The Morgan fingerprint density at radius 3 is 2.67 bits per heavy atom. The average Bonchev–Trinajstić information content (AvgIpc) is 2.98. The molecule has 116 valence electrons. The number of carbonyl (C=O) groups is 1. The van der Waals surface area contributed by atoms with Crippen LogP contribution in [0.1, 0.15) is 44.6 Å². The lowest BCUT2D eigenvalue weighted by molar-refractivity contribution is -0.126. The predicted molar refractivity (Wildman–Crippen MR) is 87.8 cm³/mol. The van der Waals surface area contributed by atoms with Gasteiger partial charge in [-0.2, -0.15) is 0 Å². The van der Waals surface area contributed by atoms with Crippen molar-refractivity contribution in [3.63, 3.8) is 0 Å². The second-order valence-electron chi connectivity index (χ2n) is 5.81. The van der Waals surface area contributed by atoms with E-state index < -0.39 is 0 Å². The smallest absolute Gasteiger partial charge is 0.230 e. The van der Waals surface area contributed by atoms with Crippen molar-refractivity contribution in [2.24, 2.45) is 0 Å². The summed E-state index contributed by atoms with van der Waals surface area (Å²) < 4.78 is 0. The van der Waals surface area contributed by atoms with Gasteiger partial charge in [0.25, 0.3) is 0 Å². The van der Waals surface area contributed by atoms with Crippen LogP contribution in [0.2, 0.25) is 5.02 Å². The van der Waals surface area contributed by atoms with Crippen molar-refractivity contribution in [1.82, 2.24) is 10.6 Å². The second-order valence-corrected chi connectivity index (χ2v) is 6.24. The fraction of sp³-hybridized carbons (Fsp3) is 0.588. The molecule has 21 heavy (non-hydrogen) atoms. The van der Waals surface area contributed by atoms with Gasteiger partial charge in [-0.3, -0.25) is 4.79 Å². The summed E-state index contributed by atoms with van der Waals surface area (Å²) in [6.45, 7) is 4.64. The molecule has 0 aromatic heterocycles. The van der Waals surface area contributed by atoms with Crippen LogP contribution in [0.3, 0.4) is 0 Å². The molecule has 1 amide bonds. The van der Waals surface area contributed by atoms with Gasteiger partial charge in [-0.15, -0.1) is 0 Å².